The molecule has 0 bridgehead atoms. The standard InChI is InChI=1S/C18H21OS/c1-6-8-10-16(4)20(15(3)9-7-2)18-13-11-17(19-5)12-14-18/h6-14H,1-2,4H2,3,5H3/q+1/b10-8-,15-9+. The van der Waals surface area contributed by atoms with Gasteiger partial charge in [0.25, 0.3) is 0 Å². The molecule has 20 heavy (non-hydrogen) atoms. The van der Waals surface area contributed by atoms with Crippen LogP contribution in [0, 0.1) is 0 Å². The quantitative estimate of drug-likeness (QED) is 0.505. The Morgan fingerprint density at radius 1 is 1.15 bits per heavy atom. The highest BCUT2D eigenvalue weighted by molar-refractivity contribution is 8.04. The second kappa shape index (κ2) is 8.28. The Morgan fingerprint density at radius 2 is 1.80 bits per heavy atom. The molecule has 0 aliphatic rings. The lowest BCUT2D eigenvalue weighted by atomic mass is 10.3. The molecule has 0 heterocycles. The van der Waals surface area contributed by atoms with Crippen molar-refractivity contribution in [2.75, 3.05) is 7.11 Å². The van der Waals surface area contributed by atoms with Crippen molar-refractivity contribution in [2.24, 2.45) is 0 Å². The van der Waals surface area contributed by atoms with E-state index in [4.69, 9.17) is 4.74 Å². The minimum Gasteiger partial charge on any atom is -0.497 e. The number of ether oxygens (including phenoxy) is 1. The number of benzene rings is 1. The molecule has 2 heteroatoms. The predicted octanol–water partition coefficient (Wildman–Crippen LogP) is 5.02. The molecule has 1 rings (SSSR count). The SMILES string of the molecule is C=C/C=C\C(=C)[S+](/C(C)=C/C=C)c1ccc(OC)cc1. The molecule has 1 unspecified atom stereocenters. The van der Waals surface area contributed by atoms with Crippen LogP contribution in [-0.4, -0.2) is 7.11 Å². The van der Waals surface area contributed by atoms with Crippen LogP contribution in [0.3, 0.4) is 0 Å². The first kappa shape index (κ1) is 16.1. The molecule has 104 valence electrons. The highest BCUT2D eigenvalue weighted by Gasteiger charge is 2.27. The summed E-state index contributed by atoms with van der Waals surface area (Å²) >= 11 is 0. The van der Waals surface area contributed by atoms with Gasteiger partial charge in [-0.25, -0.2) is 0 Å². The van der Waals surface area contributed by atoms with Crippen molar-refractivity contribution in [2.45, 2.75) is 11.8 Å². The molecule has 0 aliphatic carbocycles. The molecule has 0 fully saturated rings. The Morgan fingerprint density at radius 3 is 2.30 bits per heavy atom. The van der Waals surface area contributed by atoms with Crippen molar-refractivity contribution < 1.29 is 4.74 Å². The van der Waals surface area contributed by atoms with Gasteiger partial charge >= 0.3 is 0 Å². The molecule has 0 N–H and O–H groups in total. The van der Waals surface area contributed by atoms with Crippen molar-refractivity contribution in [1.29, 1.82) is 0 Å². The second-order valence-electron chi connectivity index (χ2n) is 4.06. The summed E-state index contributed by atoms with van der Waals surface area (Å²) in [7, 11) is 1.49. The Hall–Kier alpha value is -1.93. The maximum absolute atomic E-state index is 5.20. The van der Waals surface area contributed by atoms with Crippen LogP contribution in [0.15, 0.2) is 89.1 Å². The molecule has 1 nitrogen and oxygen atoms in total. The Labute approximate surface area is 125 Å². The fourth-order valence-corrected chi connectivity index (χ4v) is 3.68. The molecule has 0 saturated carbocycles. The molecule has 1 aromatic carbocycles. The Bertz CT molecular complexity index is 535. The second-order valence-corrected chi connectivity index (χ2v) is 6.31. The van der Waals surface area contributed by atoms with Crippen LogP contribution < -0.4 is 4.74 Å². The fourth-order valence-electron chi connectivity index (χ4n) is 1.73. The number of allylic oxidation sites excluding steroid dienone is 6. The molecule has 1 atom stereocenters. The number of rotatable bonds is 7. The van der Waals surface area contributed by atoms with Crippen LogP contribution in [0.1, 0.15) is 6.92 Å². The third-order valence-electron chi connectivity index (χ3n) is 2.65. The van der Waals surface area contributed by atoms with Crippen LogP contribution in [0.4, 0.5) is 0 Å². The lowest BCUT2D eigenvalue weighted by Gasteiger charge is -2.08. The van der Waals surface area contributed by atoms with Gasteiger partial charge in [-0.15, -0.1) is 0 Å². The molecule has 0 amide bonds. The third-order valence-corrected chi connectivity index (χ3v) is 4.83. The van der Waals surface area contributed by atoms with Gasteiger partial charge in [-0.05, 0) is 43.0 Å². The van der Waals surface area contributed by atoms with Gasteiger partial charge in [-0.3, -0.25) is 0 Å². The van der Waals surface area contributed by atoms with E-state index in [2.05, 4.69) is 38.8 Å². The highest BCUT2D eigenvalue weighted by atomic mass is 32.2. The van der Waals surface area contributed by atoms with Crippen LogP contribution in [0.25, 0.3) is 0 Å². The summed E-state index contributed by atoms with van der Waals surface area (Å²) in [6.45, 7) is 13.8. The first-order valence-electron chi connectivity index (χ1n) is 6.29. The number of hydrogen-bond donors (Lipinski definition) is 0. The van der Waals surface area contributed by atoms with E-state index in [1.165, 1.54) is 9.80 Å². The van der Waals surface area contributed by atoms with E-state index in [0.29, 0.717) is 0 Å². The molecule has 0 aliphatic heterocycles. The molecular weight excluding hydrogens is 264 g/mol. The average molecular weight is 285 g/mol. The maximum Gasteiger partial charge on any atom is 0.166 e. The van der Waals surface area contributed by atoms with Gasteiger partial charge in [-0.1, -0.05) is 31.4 Å². The lowest BCUT2D eigenvalue weighted by Crippen LogP contribution is -2.05. The predicted molar refractivity (Wildman–Crippen MR) is 91.1 cm³/mol. The molecule has 1 aromatic rings. The molecule has 0 radical (unpaired) electrons. The van der Waals surface area contributed by atoms with Crippen molar-refractivity contribution >= 4 is 10.9 Å². The van der Waals surface area contributed by atoms with Crippen molar-refractivity contribution in [1.82, 2.24) is 0 Å². The summed E-state index contributed by atoms with van der Waals surface area (Å²) in [6.07, 6.45) is 9.50. The highest BCUT2D eigenvalue weighted by Crippen LogP contribution is 2.30. The fraction of sp³-hybridized carbons (Fsp3) is 0.111. The van der Waals surface area contributed by atoms with E-state index in [1.807, 2.05) is 36.4 Å². The van der Waals surface area contributed by atoms with E-state index in [0.717, 1.165) is 10.7 Å². The summed E-state index contributed by atoms with van der Waals surface area (Å²) in [6, 6.07) is 8.10. The van der Waals surface area contributed by atoms with Crippen LogP contribution in [0.2, 0.25) is 0 Å². The first-order valence-corrected chi connectivity index (χ1v) is 7.52. The van der Waals surface area contributed by atoms with Gasteiger partial charge in [0.1, 0.15) is 10.7 Å². The summed E-state index contributed by atoms with van der Waals surface area (Å²) in [5.74, 6) is 0.856. The van der Waals surface area contributed by atoms with E-state index in [1.54, 1.807) is 13.2 Å². The zero-order chi connectivity index (χ0) is 15.0. The number of hydrogen-bond acceptors (Lipinski definition) is 1. The first-order chi connectivity index (χ1) is 9.63. The van der Waals surface area contributed by atoms with Crippen molar-refractivity contribution in [3.8, 4) is 5.75 Å². The number of methoxy groups -OCH3 is 1. The van der Waals surface area contributed by atoms with Crippen LogP contribution >= 0.6 is 0 Å². The van der Waals surface area contributed by atoms with Crippen LogP contribution in [0.5, 0.6) is 5.75 Å². The third kappa shape index (κ3) is 4.32. The minimum absolute atomic E-state index is 0.184. The summed E-state index contributed by atoms with van der Waals surface area (Å²) in [5.41, 5.74) is 0. The molecule has 0 aromatic heterocycles. The largest absolute Gasteiger partial charge is 0.497 e. The van der Waals surface area contributed by atoms with Crippen molar-refractivity contribution in [3.05, 3.63) is 84.2 Å². The zero-order valence-electron chi connectivity index (χ0n) is 12.1. The molecule has 0 spiro atoms. The molecular formula is C18H21OS+. The minimum atomic E-state index is -0.184. The van der Waals surface area contributed by atoms with Gasteiger partial charge < -0.3 is 4.74 Å². The zero-order valence-corrected chi connectivity index (χ0v) is 13.0. The normalized spacial score (nSPS) is 13.0. The lowest BCUT2D eigenvalue weighted by molar-refractivity contribution is 0.414. The monoisotopic (exact) mass is 285 g/mol. The van der Waals surface area contributed by atoms with E-state index in [9.17, 15) is 0 Å². The van der Waals surface area contributed by atoms with E-state index < -0.39 is 0 Å². The van der Waals surface area contributed by atoms with E-state index in [-0.39, 0.29) is 10.9 Å². The Balaban J connectivity index is 3.18. The summed E-state index contributed by atoms with van der Waals surface area (Å²) < 4.78 is 5.20. The summed E-state index contributed by atoms with van der Waals surface area (Å²) in [5, 5.41) is 0. The summed E-state index contributed by atoms with van der Waals surface area (Å²) in [4.78, 5) is 3.48. The van der Waals surface area contributed by atoms with Gasteiger partial charge in [0, 0.05) is 6.92 Å². The topological polar surface area (TPSA) is 9.23 Å². The van der Waals surface area contributed by atoms with Gasteiger partial charge in [0.2, 0.25) is 0 Å². The van der Waals surface area contributed by atoms with Gasteiger partial charge in [-0.2, -0.15) is 0 Å². The van der Waals surface area contributed by atoms with Crippen molar-refractivity contribution in [3.63, 3.8) is 0 Å². The van der Waals surface area contributed by atoms with Crippen LogP contribution in [-0.2, 0) is 10.9 Å². The average Bonchev–Trinajstić information content (AvgIpc) is 2.46. The Kier molecular flexibility index (Phi) is 6.68. The molecule has 0 saturated heterocycles. The smallest absolute Gasteiger partial charge is 0.166 e. The van der Waals surface area contributed by atoms with Gasteiger partial charge in [0.15, 0.2) is 9.80 Å². The van der Waals surface area contributed by atoms with E-state index >= 15 is 0 Å². The maximum atomic E-state index is 5.20. The van der Waals surface area contributed by atoms with Gasteiger partial charge in [0.05, 0.1) is 18.0 Å².